The number of carbonyl (C=O) groups is 1. The number of para-hydroxylation sites is 3. The fourth-order valence-corrected chi connectivity index (χ4v) is 5.87. The summed E-state index contributed by atoms with van der Waals surface area (Å²) in [5.74, 6) is -1.33. The zero-order valence-electron chi connectivity index (χ0n) is 17.8. The zero-order chi connectivity index (χ0) is 23.2. The van der Waals surface area contributed by atoms with E-state index in [1.807, 2.05) is 36.4 Å². The summed E-state index contributed by atoms with van der Waals surface area (Å²) in [6, 6.07) is 22.7. The number of nitriles is 1. The molecule has 164 valence electrons. The minimum absolute atomic E-state index is 0.0201. The molecule has 0 N–H and O–H groups in total. The Hall–Kier alpha value is -3.96. The van der Waals surface area contributed by atoms with E-state index in [2.05, 4.69) is 11.1 Å². The van der Waals surface area contributed by atoms with Crippen molar-refractivity contribution in [3.05, 3.63) is 89.7 Å². The van der Waals surface area contributed by atoms with Crippen molar-refractivity contribution in [2.24, 2.45) is 7.05 Å². The quantitative estimate of drug-likeness (QED) is 0.426. The lowest BCUT2D eigenvalue weighted by Gasteiger charge is -2.20. The molecule has 0 saturated carbocycles. The van der Waals surface area contributed by atoms with Crippen LogP contribution in [-0.2, 0) is 23.5 Å². The van der Waals surface area contributed by atoms with Gasteiger partial charge in [0.1, 0.15) is 5.82 Å². The summed E-state index contributed by atoms with van der Waals surface area (Å²) in [5.41, 5.74) is 3.28. The highest BCUT2D eigenvalue weighted by Crippen LogP contribution is 2.33. The normalized spacial score (nSPS) is 14.1. The van der Waals surface area contributed by atoms with Crippen LogP contribution in [-0.4, -0.2) is 30.3 Å². The van der Waals surface area contributed by atoms with Crippen LogP contribution in [0.25, 0.3) is 11.0 Å². The summed E-state index contributed by atoms with van der Waals surface area (Å²) >= 11 is 0. The van der Waals surface area contributed by atoms with Gasteiger partial charge in [0.2, 0.25) is 0 Å². The topological polar surface area (TPSA) is 96.1 Å². The molecule has 4 aromatic rings. The van der Waals surface area contributed by atoms with Crippen molar-refractivity contribution in [2.45, 2.75) is 17.2 Å². The molecule has 0 fully saturated rings. The first-order chi connectivity index (χ1) is 15.9. The zero-order valence-corrected chi connectivity index (χ0v) is 18.7. The number of carbonyl (C=O) groups excluding carboxylic acids is 1. The van der Waals surface area contributed by atoms with E-state index in [1.165, 1.54) is 28.6 Å². The number of aryl methyl sites for hydroxylation is 1. The third-order valence-corrected chi connectivity index (χ3v) is 7.83. The monoisotopic (exact) mass is 456 g/mol. The van der Waals surface area contributed by atoms with E-state index in [-0.39, 0.29) is 10.5 Å². The molecular weight excluding hydrogens is 436 g/mol. The number of imidazole rings is 1. The first-order valence-electron chi connectivity index (χ1n) is 10.5. The largest absolute Gasteiger partial charge is 0.330 e. The summed E-state index contributed by atoms with van der Waals surface area (Å²) in [7, 11) is -2.10. The van der Waals surface area contributed by atoms with Gasteiger partial charge in [-0.2, -0.15) is 5.26 Å². The second-order valence-corrected chi connectivity index (χ2v) is 9.79. The Bertz CT molecular complexity index is 1550. The first kappa shape index (κ1) is 20.9. The molecule has 33 heavy (non-hydrogen) atoms. The summed E-state index contributed by atoms with van der Waals surface area (Å²) in [6.45, 7) is 0.348. The van der Waals surface area contributed by atoms with Crippen molar-refractivity contribution in [1.29, 1.82) is 5.26 Å². The van der Waals surface area contributed by atoms with E-state index in [1.54, 1.807) is 23.7 Å². The van der Waals surface area contributed by atoms with Crippen LogP contribution >= 0.6 is 0 Å². The van der Waals surface area contributed by atoms with Gasteiger partial charge in [0, 0.05) is 19.2 Å². The molecule has 1 aromatic heterocycles. The van der Waals surface area contributed by atoms with Crippen molar-refractivity contribution < 1.29 is 13.2 Å². The minimum atomic E-state index is -3.86. The van der Waals surface area contributed by atoms with Gasteiger partial charge in [-0.3, -0.25) is 9.10 Å². The lowest BCUT2D eigenvalue weighted by molar-refractivity contribution is 0.0975. The number of fused-ring (bicyclic) bond motifs is 2. The molecule has 7 nitrogen and oxygen atoms in total. The summed E-state index contributed by atoms with van der Waals surface area (Å²) < 4.78 is 29.9. The van der Waals surface area contributed by atoms with Crippen molar-refractivity contribution in [3.8, 4) is 6.07 Å². The second-order valence-electron chi connectivity index (χ2n) is 7.93. The van der Waals surface area contributed by atoms with Crippen LogP contribution in [0.2, 0.25) is 0 Å². The van der Waals surface area contributed by atoms with Crippen LogP contribution in [0.3, 0.4) is 0 Å². The maximum Gasteiger partial charge on any atom is 0.264 e. The van der Waals surface area contributed by atoms with Crippen molar-refractivity contribution in [3.63, 3.8) is 0 Å². The fraction of sp³-hybridized carbons (Fsp3) is 0.160. The lowest BCUT2D eigenvalue weighted by atomic mass is 9.98. The number of hydrogen-bond donors (Lipinski definition) is 0. The smallest absolute Gasteiger partial charge is 0.264 e. The van der Waals surface area contributed by atoms with Gasteiger partial charge in [-0.25, -0.2) is 13.4 Å². The van der Waals surface area contributed by atoms with Crippen LogP contribution in [0.5, 0.6) is 0 Å². The summed E-state index contributed by atoms with van der Waals surface area (Å²) in [6.07, 6.45) is 0.636. The third kappa shape index (κ3) is 3.38. The molecule has 0 spiro atoms. The number of hydrogen-bond acceptors (Lipinski definition) is 5. The molecule has 0 amide bonds. The third-order valence-electron chi connectivity index (χ3n) is 6.02. The molecule has 8 heteroatoms. The maximum absolute atomic E-state index is 13.4. The molecule has 0 radical (unpaired) electrons. The molecule has 3 aromatic carbocycles. The number of rotatable bonds is 5. The Morgan fingerprint density at radius 2 is 1.82 bits per heavy atom. The maximum atomic E-state index is 13.4. The van der Waals surface area contributed by atoms with Crippen molar-refractivity contribution in [1.82, 2.24) is 9.55 Å². The average molecular weight is 457 g/mol. The van der Waals surface area contributed by atoms with Crippen LogP contribution in [0.1, 0.15) is 27.7 Å². The number of ketones is 1. The summed E-state index contributed by atoms with van der Waals surface area (Å²) in [5, 5.41) is 9.82. The molecule has 1 aliphatic rings. The highest BCUT2D eigenvalue weighted by Gasteiger charge is 2.32. The van der Waals surface area contributed by atoms with Gasteiger partial charge in [0.25, 0.3) is 10.0 Å². The Morgan fingerprint density at radius 1 is 1.06 bits per heavy atom. The van der Waals surface area contributed by atoms with Crippen molar-refractivity contribution >= 4 is 32.5 Å². The van der Waals surface area contributed by atoms with Crippen LogP contribution in [0, 0.1) is 11.3 Å². The molecule has 0 unspecified atom stereocenters. The molecule has 0 aliphatic carbocycles. The summed E-state index contributed by atoms with van der Waals surface area (Å²) in [4.78, 5) is 17.8. The van der Waals surface area contributed by atoms with E-state index in [9.17, 15) is 18.5 Å². The van der Waals surface area contributed by atoms with E-state index >= 15 is 0 Å². The highest BCUT2D eigenvalue weighted by molar-refractivity contribution is 7.92. The predicted molar refractivity (Wildman–Crippen MR) is 125 cm³/mol. The predicted octanol–water partition coefficient (Wildman–Crippen LogP) is 3.81. The Kier molecular flexibility index (Phi) is 4.99. The van der Waals surface area contributed by atoms with Gasteiger partial charge >= 0.3 is 0 Å². The number of nitrogens with zero attached hydrogens (tertiary/aromatic N) is 4. The molecular formula is C25H20N4O3S. The number of Topliss-reactive ketones (excluding diaryl/α,β-unsaturated/α-hetero) is 1. The molecule has 0 bridgehead atoms. The lowest BCUT2D eigenvalue weighted by Crippen LogP contribution is -2.29. The second kappa shape index (κ2) is 7.87. The van der Waals surface area contributed by atoms with Gasteiger partial charge < -0.3 is 4.57 Å². The van der Waals surface area contributed by atoms with Crippen LogP contribution in [0.15, 0.2) is 77.7 Å². The van der Waals surface area contributed by atoms with E-state index in [0.29, 0.717) is 30.0 Å². The molecule has 5 rings (SSSR count). The van der Waals surface area contributed by atoms with E-state index in [4.69, 9.17) is 0 Å². The van der Waals surface area contributed by atoms with E-state index in [0.717, 1.165) is 11.1 Å². The number of benzene rings is 3. The SMILES string of the molecule is Cn1c([C@@H](C#N)C(=O)c2cccc(S(=O)(=O)N3CCc4ccccc43)c2)nc2ccccc21. The Labute approximate surface area is 191 Å². The highest BCUT2D eigenvalue weighted by atomic mass is 32.2. The van der Waals surface area contributed by atoms with Gasteiger partial charge in [-0.15, -0.1) is 0 Å². The van der Waals surface area contributed by atoms with Gasteiger partial charge in [0.05, 0.1) is 27.7 Å². The van der Waals surface area contributed by atoms with Gasteiger partial charge in [-0.05, 0) is 42.3 Å². The molecule has 1 atom stereocenters. The van der Waals surface area contributed by atoms with Gasteiger partial charge in [-0.1, -0.05) is 42.5 Å². The van der Waals surface area contributed by atoms with Crippen LogP contribution < -0.4 is 4.31 Å². The Morgan fingerprint density at radius 3 is 2.61 bits per heavy atom. The number of aromatic nitrogens is 2. The average Bonchev–Trinajstić information content (AvgIpc) is 3.42. The van der Waals surface area contributed by atoms with Gasteiger partial charge in [0.15, 0.2) is 11.7 Å². The number of anilines is 1. The molecule has 2 heterocycles. The molecule has 0 saturated heterocycles. The standard InChI is InChI=1S/C25H20N4O3S/c1-28-23-12-5-3-10-21(23)27-25(28)20(16-26)24(30)18-8-6-9-19(15-18)33(31,32)29-14-13-17-7-2-4-11-22(17)29/h2-12,15,20H,13-14H2,1H3/t20-/m0/s1. The number of sulfonamides is 1. The van der Waals surface area contributed by atoms with Crippen LogP contribution in [0.4, 0.5) is 5.69 Å². The fourth-order valence-electron chi connectivity index (χ4n) is 4.32. The van der Waals surface area contributed by atoms with E-state index < -0.39 is 21.7 Å². The Balaban J connectivity index is 1.51. The van der Waals surface area contributed by atoms with Crippen molar-refractivity contribution in [2.75, 3.05) is 10.8 Å². The minimum Gasteiger partial charge on any atom is -0.330 e. The first-order valence-corrected chi connectivity index (χ1v) is 11.9. The molecule has 1 aliphatic heterocycles.